The normalized spacial score (nSPS) is 21.9. The number of hydrogen-bond acceptors (Lipinski definition) is 5. The van der Waals surface area contributed by atoms with Gasteiger partial charge < -0.3 is 24.4 Å². The quantitative estimate of drug-likeness (QED) is 0.606. The zero-order valence-electron chi connectivity index (χ0n) is 16.5. The van der Waals surface area contributed by atoms with Gasteiger partial charge in [-0.1, -0.05) is 0 Å². The van der Waals surface area contributed by atoms with E-state index in [-0.39, 0.29) is 0 Å². The van der Waals surface area contributed by atoms with Gasteiger partial charge in [0, 0.05) is 45.6 Å². The molecule has 1 aromatic rings. The maximum absolute atomic E-state index is 6.11. The molecule has 0 radical (unpaired) electrons. The Bertz CT molecular complexity index is 597. The highest BCUT2D eigenvalue weighted by Crippen LogP contribution is 2.18. The van der Waals surface area contributed by atoms with Crippen LogP contribution in [0.15, 0.2) is 23.3 Å². The van der Waals surface area contributed by atoms with Gasteiger partial charge in [0.2, 0.25) is 5.88 Å². The molecule has 2 aliphatic heterocycles. The summed E-state index contributed by atoms with van der Waals surface area (Å²) in [4.78, 5) is 10.9. The average Bonchev–Trinajstić information content (AvgIpc) is 2.74. The van der Waals surface area contributed by atoms with Crippen LogP contribution in [0.5, 0.6) is 5.88 Å². The van der Waals surface area contributed by atoms with Crippen molar-refractivity contribution in [3.8, 4) is 5.88 Å². The summed E-state index contributed by atoms with van der Waals surface area (Å²) in [5, 5.41) is 3.44. The average molecular weight is 377 g/mol. The van der Waals surface area contributed by atoms with Gasteiger partial charge in [0.25, 0.3) is 0 Å². The van der Waals surface area contributed by atoms with Crippen molar-refractivity contribution in [1.82, 2.24) is 15.2 Å². The van der Waals surface area contributed by atoms with Crippen LogP contribution in [-0.2, 0) is 16.0 Å². The lowest BCUT2D eigenvalue weighted by atomic mass is 10.1. The van der Waals surface area contributed by atoms with Crippen LogP contribution in [0.2, 0.25) is 0 Å². The molecule has 3 heterocycles. The fraction of sp³-hybridized carbons (Fsp3) is 0.700. The second kappa shape index (κ2) is 10.5. The Kier molecular flexibility index (Phi) is 7.71. The number of pyridine rings is 1. The lowest BCUT2D eigenvalue weighted by Gasteiger charge is -2.35. The van der Waals surface area contributed by atoms with Crippen LogP contribution >= 0.6 is 0 Å². The van der Waals surface area contributed by atoms with E-state index in [9.17, 15) is 0 Å². The van der Waals surface area contributed by atoms with Crippen molar-refractivity contribution >= 4 is 5.96 Å². The summed E-state index contributed by atoms with van der Waals surface area (Å²) in [6, 6.07) is 3.92. The summed E-state index contributed by atoms with van der Waals surface area (Å²) in [5.41, 5.74) is 1.12. The molecule has 2 aliphatic rings. The van der Waals surface area contributed by atoms with E-state index in [1.54, 1.807) is 13.3 Å². The molecule has 7 heteroatoms. The minimum atomic E-state index is 0.295. The molecule has 0 spiro atoms. The molecule has 1 atom stereocenters. The number of ether oxygens (including phenoxy) is 3. The fourth-order valence-corrected chi connectivity index (χ4v) is 3.60. The van der Waals surface area contributed by atoms with Crippen molar-refractivity contribution in [1.29, 1.82) is 0 Å². The summed E-state index contributed by atoms with van der Waals surface area (Å²) >= 11 is 0. The first-order valence-corrected chi connectivity index (χ1v) is 9.96. The summed E-state index contributed by atoms with van der Waals surface area (Å²) in [5.74, 6) is 1.56. The van der Waals surface area contributed by atoms with Gasteiger partial charge in [-0.2, -0.15) is 0 Å². The molecule has 0 aliphatic carbocycles. The minimum Gasteiger partial charge on any atom is -0.481 e. The molecule has 150 valence electrons. The zero-order valence-corrected chi connectivity index (χ0v) is 16.5. The maximum Gasteiger partial charge on any atom is 0.213 e. The van der Waals surface area contributed by atoms with Crippen molar-refractivity contribution in [2.24, 2.45) is 4.99 Å². The number of hydrogen-bond donors (Lipinski definition) is 1. The SMILES string of the molecule is CN=C(NCc1ccnc(OC)c1)N1CCC(OCC2CCCCO2)CC1. The Morgan fingerprint density at radius 2 is 2.19 bits per heavy atom. The van der Waals surface area contributed by atoms with Crippen molar-refractivity contribution < 1.29 is 14.2 Å². The molecule has 0 amide bonds. The van der Waals surface area contributed by atoms with E-state index in [1.807, 2.05) is 19.2 Å². The molecular weight excluding hydrogens is 344 g/mol. The second-order valence-electron chi connectivity index (χ2n) is 7.12. The fourth-order valence-electron chi connectivity index (χ4n) is 3.60. The number of aliphatic imine (C=N–C) groups is 1. The van der Waals surface area contributed by atoms with Crippen LogP contribution in [0.4, 0.5) is 0 Å². The van der Waals surface area contributed by atoms with Crippen molar-refractivity contribution in [2.75, 3.05) is 40.5 Å². The highest BCUT2D eigenvalue weighted by Gasteiger charge is 2.23. The van der Waals surface area contributed by atoms with Gasteiger partial charge in [0.15, 0.2) is 5.96 Å². The third kappa shape index (κ3) is 6.07. The molecule has 2 saturated heterocycles. The van der Waals surface area contributed by atoms with Gasteiger partial charge >= 0.3 is 0 Å². The van der Waals surface area contributed by atoms with Crippen LogP contribution in [0.1, 0.15) is 37.7 Å². The van der Waals surface area contributed by atoms with E-state index in [1.165, 1.54) is 12.8 Å². The van der Waals surface area contributed by atoms with Crippen LogP contribution < -0.4 is 10.1 Å². The molecular formula is C20H32N4O3. The number of guanidine groups is 1. The highest BCUT2D eigenvalue weighted by molar-refractivity contribution is 5.79. The first-order valence-electron chi connectivity index (χ1n) is 9.96. The summed E-state index contributed by atoms with van der Waals surface area (Å²) in [6.07, 6.45) is 8.02. The molecule has 27 heavy (non-hydrogen) atoms. The van der Waals surface area contributed by atoms with Crippen molar-refractivity contribution in [2.45, 2.75) is 50.9 Å². The Morgan fingerprint density at radius 3 is 2.89 bits per heavy atom. The molecule has 0 saturated carbocycles. The molecule has 7 nitrogen and oxygen atoms in total. The van der Waals surface area contributed by atoms with Gasteiger partial charge in [0.05, 0.1) is 25.9 Å². The van der Waals surface area contributed by atoms with E-state index in [2.05, 4.69) is 20.2 Å². The molecule has 0 bridgehead atoms. The maximum atomic E-state index is 6.11. The lowest BCUT2D eigenvalue weighted by Crippen LogP contribution is -2.47. The van der Waals surface area contributed by atoms with E-state index >= 15 is 0 Å². The molecule has 2 fully saturated rings. The first-order chi connectivity index (χ1) is 13.3. The number of piperidine rings is 1. The van der Waals surface area contributed by atoms with Gasteiger partial charge in [-0.25, -0.2) is 4.98 Å². The second-order valence-corrected chi connectivity index (χ2v) is 7.12. The third-order valence-electron chi connectivity index (χ3n) is 5.20. The summed E-state index contributed by atoms with van der Waals surface area (Å²) in [6.45, 7) is 4.23. The topological polar surface area (TPSA) is 68.2 Å². The van der Waals surface area contributed by atoms with Crippen LogP contribution in [0, 0.1) is 0 Å². The lowest BCUT2D eigenvalue weighted by molar-refractivity contribution is -0.0721. The van der Waals surface area contributed by atoms with Gasteiger partial charge in [0.1, 0.15) is 0 Å². The Labute approximate surface area is 162 Å². The van der Waals surface area contributed by atoms with Gasteiger partial charge in [-0.3, -0.25) is 4.99 Å². The predicted molar refractivity (Wildman–Crippen MR) is 105 cm³/mol. The number of nitrogens with one attached hydrogen (secondary N) is 1. The third-order valence-corrected chi connectivity index (χ3v) is 5.20. The number of likely N-dealkylation sites (tertiary alicyclic amines) is 1. The summed E-state index contributed by atoms with van der Waals surface area (Å²) in [7, 11) is 3.46. The molecule has 1 aromatic heterocycles. The Morgan fingerprint density at radius 1 is 1.33 bits per heavy atom. The van der Waals surface area contributed by atoms with Crippen LogP contribution in [-0.4, -0.2) is 68.5 Å². The smallest absolute Gasteiger partial charge is 0.213 e. The Hall–Kier alpha value is -1.86. The van der Waals surface area contributed by atoms with E-state index in [4.69, 9.17) is 14.2 Å². The highest BCUT2D eigenvalue weighted by atomic mass is 16.5. The number of methoxy groups -OCH3 is 1. The monoisotopic (exact) mass is 376 g/mol. The van der Waals surface area contributed by atoms with Gasteiger partial charge in [-0.05, 0) is 43.7 Å². The number of nitrogens with zero attached hydrogens (tertiary/aromatic N) is 3. The van der Waals surface area contributed by atoms with Crippen molar-refractivity contribution in [3.63, 3.8) is 0 Å². The first kappa shape index (κ1) is 19.9. The van der Waals surface area contributed by atoms with E-state index in [0.29, 0.717) is 24.6 Å². The predicted octanol–water partition coefficient (Wildman–Crippen LogP) is 2.22. The van der Waals surface area contributed by atoms with E-state index < -0.39 is 0 Å². The van der Waals surface area contributed by atoms with E-state index in [0.717, 1.165) is 57.1 Å². The number of rotatable bonds is 6. The minimum absolute atomic E-state index is 0.295. The Balaban J connectivity index is 1.40. The summed E-state index contributed by atoms with van der Waals surface area (Å²) < 4.78 is 17.0. The molecule has 3 rings (SSSR count). The molecule has 0 aromatic carbocycles. The molecule has 1 N–H and O–H groups in total. The van der Waals surface area contributed by atoms with Crippen LogP contribution in [0.3, 0.4) is 0 Å². The number of aromatic nitrogens is 1. The zero-order chi connectivity index (χ0) is 18.9. The van der Waals surface area contributed by atoms with Crippen molar-refractivity contribution in [3.05, 3.63) is 23.9 Å². The van der Waals surface area contributed by atoms with Crippen LogP contribution in [0.25, 0.3) is 0 Å². The van der Waals surface area contributed by atoms with Gasteiger partial charge in [-0.15, -0.1) is 0 Å². The molecule has 1 unspecified atom stereocenters. The standard InChI is InChI=1S/C20H32N4O3/c1-21-20(23-14-16-6-9-22-19(13-16)25-2)24-10-7-17(8-11-24)27-15-18-5-3-4-12-26-18/h6,9,13,17-18H,3-5,7-8,10-12,14-15H2,1-2H3,(H,21,23). The largest absolute Gasteiger partial charge is 0.481 e.